The number of nitrogens with zero attached hydrogens (tertiary/aromatic N) is 3. The number of halogens is 2. The third-order valence-electron chi connectivity index (χ3n) is 4.92. The quantitative estimate of drug-likeness (QED) is 0.754. The van der Waals surface area contributed by atoms with Crippen molar-refractivity contribution in [1.82, 2.24) is 9.78 Å². The van der Waals surface area contributed by atoms with Crippen LogP contribution in [0.25, 0.3) is 0 Å². The lowest BCUT2D eigenvalue weighted by molar-refractivity contribution is 0.158. The van der Waals surface area contributed by atoms with E-state index in [-0.39, 0.29) is 5.02 Å². The summed E-state index contributed by atoms with van der Waals surface area (Å²) in [7, 11) is 0. The highest BCUT2D eigenvalue weighted by atomic mass is 35.5. The SMILES string of the molecule is Cc1c2c(nn1Cc1ccccc1)C(O)N(c1cccc(Cl)c1F)CC2. The van der Waals surface area contributed by atoms with Crippen LogP contribution in [-0.4, -0.2) is 21.4 Å². The maximum absolute atomic E-state index is 14.4. The second kappa shape index (κ2) is 6.74. The summed E-state index contributed by atoms with van der Waals surface area (Å²) in [6.45, 7) is 3.15. The predicted molar refractivity (Wildman–Crippen MR) is 99.9 cm³/mol. The van der Waals surface area contributed by atoms with Crippen molar-refractivity contribution in [3.8, 4) is 0 Å². The largest absolute Gasteiger partial charge is 0.368 e. The van der Waals surface area contributed by atoms with Crippen LogP contribution in [0.4, 0.5) is 10.1 Å². The molecule has 0 bridgehead atoms. The normalized spacial score (nSPS) is 16.6. The zero-order valence-corrected chi connectivity index (χ0v) is 15.1. The number of aliphatic hydroxyl groups excluding tert-OH is 1. The van der Waals surface area contributed by atoms with E-state index in [0.717, 1.165) is 16.8 Å². The fourth-order valence-electron chi connectivity index (χ4n) is 3.50. The lowest BCUT2D eigenvalue weighted by Gasteiger charge is -2.33. The van der Waals surface area contributed by atoms with E-state index in [4.69, 9.17) is 11.6 Å². The average Bonchev–Trinajstić information content (AvgIpc) is 2.96. The van der Waals surface area contributed by atoms with Crippen molar-refractivity contribution >= 4 is 17.3 Å². The molecule has 1 aromatic heterocycles. The number of anilines is 1. The van der Waals surface area contributed by atoms with E-state index in [0.29, 0.717) is 30.9 Å². The minimum atomic E-state index is -0.998. The Morgan fingerprint density at radius 2 is 1.96 bits per heavy atom. The number of benzene rings is 2. The highest BCUT2D eigenvalue weighted by Crippen LogP contribution is 2.35. The lowest BCUT2D eigenvalue weighted by atomic mass is 10.0. The number of rotatable bonds is 3. The number of fused-ring (bicyclic) bond motifs is 1. The maximum atomic E-state index is 14.4. The molecule has 0 amide bonds. The summed E-state index contributed by atoms with van der Waals surface area (Å²) in [5.74, 6) is -0.517. The summed E-state index contributed by atoms with van der Waals surface area (Å²) in [4.78, 5) is 1.61. The first-order valence-corrected chi connectivity index (χ1v) is 8.93. The molecule has 6 heteroatoms. The molecular formula is C20H19ClFN3O. The van der Waals surface area contributed by atoms with E-state index in [1.165, 1.54) is 6.07 Å². The van der Waals surface area contributed by atoms with Crippen LogP contribution in [0, 0.1) is 12.7 Å². The molecule has 0 radical (unpaired) electrons. The molecule has 0 saturated carbocycles. The maximum Gasteiger partial charge on any atom is 0.172 e. The van der Waals surface area contributed by atoms with E-state index in [1.807, 2.05) is 41.9 Å². The van der Waals surface area contributed by atoms with Gasteiger partial charge in [-0.25, -0.2) is 4.39 Å². The lowest BCUT2D eigenvalue weighted by Crippen LogP contribution is -2.36. The zero-order valence-electron chi connectivity index (χ0n) is 14.4. The van der Waals surface area contributed by atoms with Crippen molar-refractivity contribution in [2.45, 2.75) is 26.1 Å². The van der Waals surface area contributed by atoms with Gasteiger partial charge in [0.25, 0.3) is 0 Å². The standard InChI is InChI=1S/C20H19ClFN3O/c1-13-15-10-11-24(17-9-5-8-16(21)18(17)22)20(26)19(15)23-25(13)12-14-6-3-2-4-7-14/h2-9,20,26H,10-12H2,1H3. The van der Waals surface area contributed by atoms with Gasteiger partial charge in [-0.3, -0.25) is 4.68 Å². The summed E-state index contributed by atoms with van der Waals surface area (Å²) in [6, 6.07) is 14.9. The number of hydrogen-bond donors (Lipinski definition) is 1. The Morgan fingerprint density at radius 1 is 1.19 bits per heavy atom. The third kappa shape index (κ3) is 2.87. The molecule has 26 heavy (non-hydrogen) atoms. The molecule has 134 valence electrons. The van der Waals surface area contributed by atoms with E-state index in [2.05, 4.69) is 5.10 Å². The van der Waals surface area contributed by atoms with Crippen LogP contribution in [-0.2, 0) is 13.0 Å². The highest BCUT2D eigenvalue weighted by Gasteiger charge is 2.32. The molecule has 1 aliphatic rings. The van der Waals surface area contributed by atoms with E-state index < -0.39 is 12.0 Å². The van der Waals surface area contributed by atoms with Crippen LogP contribution in [0.3, 0.4) is 0 Å². The molecule has 1 unspecified atom stereocenters. The summed E-state index contributed by atoms with van der Waals surface area (Å²) in [5, 5.41) is 15.5. The van der Waals surface area contributed by atoms with Gasteiger partial charge in [-0.2, -0.15) is 5.10 Å². The third-order valence-corrected chi connectivity index (χ3v) is 5.21. The first-order chi connectivity index (χ1) is 12.6. The van der Waals surface area contributed by atoms with E-state index in [1.54, 1.807) is 17.0 Å². The van der Waals surface area contributed by atoms with Gasteiger partial charge in [0.15, 0.2) is 12.0 Å². The Labute approximate surface area is 156 Å². The molecule has 0 spiro atoms. The Kier molecular flexibility index (Phi) is 4.42. The van der Waals surface area contributed by atoms with E-state index in [9.17, 15) is 9.50 Å². The Balaban J connectivity index is 1.67. The van der Waals surface area contributed by atoms with Gasteiger partial charge in [0.05, 0.1) is 17.3 Å². The Bertz CT molecular complexity index is 942. The smallest absolute Gasteiger partial charge is 0.172 e. The van der Waals surface area contributed by atoms with Crippen LogP contribution >= 0.6 is 11.6 Å². The summed E-state index contributed by atoms with van der Waals surface area (Å²) in [6.07, 6.45) is -0.304. The summed E-state index contributed by atoms with van der Waals surface area (Å²) >= 11 is 5.90. The van der Waals surface area contributed by atoms with E-state index >= 15 is 0 Å². The minimum absolute atomic E-state index is 0.0475. The first kappa shape index (κ1) is 17.1. The highest BCUT2D eigenvalue weighted by molar-refractivity contribution is 6.31. The fraction of sp³-hybridized carbons (Fsp3) is 0.250. The fourth-order valence-corrected chi connectivity index (χ4v) is 3.67. The van der Waals surface area contributed by atoms with Gasteiger partial charge in [-0.1, -0.05) is 48.0 Å². The monoisotopic (exact) mass is 371 g/mol. The second-order valence-electron chi connectivity index (χ2n) is 6.48. The van der Waals surface area contributed by atoms with Gasteiger partial charge in [0.1, 0.15) is 5.69 Å². The van der Waals surface area contributed by atoms with Crippen molar-refractivity contribution in [2.24, 2.45) is 0 Å². The molecule has 0 aliphatic carbocycles. The minimum Gasteiger partial charge on any atom is -0.368 e. The van der Waals surface area contributed by atoms with Crippen LogP contribution in [0.5, 0.6) is 0 Å². The zero-order chi connectivity index (χ0) is 18.3. The molecule has 1 N–H and O–H groups in total. The topological polar surface area (TPSA) is 41.3 Å². The molecule has 0 saturated heterocycles. The predicted octanol–water partition coefficient (Wildman–Crippen LogP) is 4.09. The average molecular weight is 372 g/mol. The molecule has 4 rings (SSSR count). The van der Waals surface area contributed by atoms with Gasteiger partial charge in [-0.05, 0) is 31.0 Å². The summed E-state index contributed by atoms with van der Waals surface area (Å²) < 4.78 is 16.3. The van der Waals surface area contributed by atoms with Crippen molar-refractivity contribution in [1.29, 1.82) is 0 Å². The van der Waals surface area contributed by atoms with Crippen LogP contribution < -0.4 is 4.90 Å². The first-order valence-electron chi connectivity index (χ1n) is 8.55. The Morgan fingerprint density at radius 3 is 2.73 bits per heavy atom. The molecular weight excluding hydrogens is 353 g/mol. The molecule has 2 aromatic carbocycles. The van der Waals surface area contributed by atoms with Gasteiger partial charge >= 0.3 is 0 Å². The number of aromatic nitrogens is 2. The van der Waals surface area contributed by atoms with Crippen LogP contribution in [0.1, 0.15) is 28.7 Å². The number of hydrogen-bond acceptors (Lipinski definition) is 3. The molecule has 1 aliphatic heterocycles. The van der Waals surface area contributed by atoms with Gasteiger partial charge in [0, 0.05) is 17.8 Å². The van der Waals surface area contributed by atoms with Crippen molar-refractivity contribution in [3.05, 3.63) is 81.9 Å². The number of aliphatic hydroxyl groups is 1. The molecule has 1 atom stereocenters. The van der Waals surface area contributed by atoms with Crippen LogP contribution in [0.15, 0.2) is 48.5 Å². The molecule has 2 heterocycles. The van der Waals surface area contributed by atoms with Crippen molar-refractivity contribution < 1.29 is 9.50 Å². The Hall–Kier alpha value is -2.37. The van der Waals surface area contributed by atoms with Gasteiger partial charge < -0.3 is 10.0 Å². The van der Waals surface area contributed by atoms with Crippen LogP contribution in [0.2, 0.25) is 5.02 Å². The molecule has 3 aromatic rings. The van der Waals surface area contributed by atoms with Gasteiger partial charge in [0.2, 0.25) is 0 Å². The summed E-state index contributed by atoms with van der Waals surface area (Å²) in [5.41, 5.74) is 4.10. The van der Waals surface area contributed by atoms with Crippen molar-refractivity contribution in [3.63, 3.8) is 0 Å². The second-order valence-corrected chi connectivity index (χ2v) is 6.89. The van der Waals surface area contributed by atoms with Gasteiger partial charge in [-0.15, -0.1) is 0 Å². The molecule has 4 nitrogen and oxygen atoms in total. The molecule has 0 fully saturated rings. The van der Waals surface area contributed by atoms with Crippen molar-refractivity contribution in [2.75, 3.05) is 11.4 Å².